The number of rotatable bonds is 3. The third-order valence-electron chi connectivity index (χ3n) is 9.51. The van der Waals surface area contributed by atoms with Crippen LogP contribution in [0.3, 0.4) is 0 Å². The van der Waals surface area contributed by atoms with E-state index in [9.17, 15) is 0 Å². The summed E-state index contributed by atoms with van der Waals surface area (Å²) in [6.07, 6.45) is 0. The average molecular weight is 833 g/mol. The maximum atomic E-state index is 2.33. The molecule has 7 rings (SSSR count). The summed E-state index contributed by atoms with van der Waals surface area (Å²) in [6, 6.07) is 47.2. The van der Waals surface area contributed by atoms with Crippen LogP contribution in [0.4, 0.5) is 0 Å². The van der Waals surface area contributed by atoms with Crippen molar-refractivity contribution in [1.82, 2.24) is 0 Å². The molecule has 0 aliphatic carbocycles. The van der Waals surface area contributed by atoms with Crippen molar-refractivity contribution in [2.45, 2.75) is 86.2 Å². The van der Waals surface area contributed by atoms with E-state index in [1.54, 1.807) is 23.3 Å². The third-order valence-corrected chi connectivity index (χ3v) is 9.51. The molecule has 0 saturated carbocycles. The van der Waals surface area contributed by atoms with Gasteiger partial charge in [-0.3, -0.25) is 0 Å². The van der Waals surface area contributed by atoms with Crippen LogP contribution < -0.4 is 24.8 Å². The van der Waals surface area contributed by atoms with Crippen molar-refractivity contribution in [3.63, 3.8) is 0 Å². The fourth-order valence-electron chi connectivity index (χ4n) is 6.54. The van der Waals surface area contributed by atoms with Crippen molar-refractivity contribution in [2.75, 3.05) is 0 Å². The summed E-state index contributed by atoms with van der Waals surface area (Å²) >= 11 is 1.74. The zero-order chi connectivity index (χ0) is 37.1. The van der Waals surface area contributed by atoms with Crippen LogP contribution in [0.15, 0.2) is 127 Å². The fourth-order valence-corrected chi connectivity index (χ4v) is 6.54. The molecule has 0 amide bonds. The molecule has 0 spiro atoms. The van der Waals surface area contributed by atoms with Gasteiger partial charge in [0.2, 0.25) is 0 Å². The molecule has 0 bridgehead atoms. The maximum Gasteiger partial charge on any atom is -0.0132 e. The van der Waals surface area contributed by atoms with E-state index in [0.717, 1.165) is 0 Å². The summed E-state index contributed by atoms with van der Waals surface area (Å²) in [5, 5.41) is 5.38. The summed E-state index contributed by atoms with van der Waals surface area (Å²) < 4.78 is 0. The molecule has 0 aromatic heterocycles. The van der Waals surface area contributed by atoms with E-state index in [1.165, 1.54) is 82.7 Å². The van der Waals surface area contributed by atoms with Gasteiger partial charge >= 0.3 is 41.9 Å². The van der Waals surface area contributed by atoms with Gasteiger partial charge < -0.3 is 24.8 Å². The van der Waals surface area contributed by atoms with Crippen molar-refractivity contribution in [2.24, 2.45) is 0 Å². The number of hydrogen-bond acceptors (Lipinski definition) is 0. The number of halogens is 2. The quantitative estimate of drug-likeness (QED) is 0.124. The summed E-state index contributed by atoms with van der Waals surface area (Å²) in [6.45, 7) is 24.7. The smallest absolute Gasteiger partial charge is 0.0132 e. The minimum Gasteiger partial charge on any atom is -1.00 e. The van der Waals surface area contributed by atoms with Crippen molar-refractivity contribution < 1.29 is 48.1 Å². The number of aryl methyl sites for hydroxylation is 3. The molecule has 0 fully saturated rings. The standard InChI is InChI=1S/C26H25.C21H23.C2H6Si.2ClH.Zr/c1-18-8-10-19(11-9-18)22-16-21-6-5-7-24(25(21)17-22)20-12-14-23(15-13-20)26(2,3)4;1-14-12-19-15(2)6-11-18(20(19)13-14)16-7-9-17(10-8-16)21(3,4)5;1-3-2;;;/h5-17H,1-4H3;6-13H,1-5H3;1-2H3;2*1H;/q2*-1;;;;+2/p-2. The molecule has 0 unspecified atom stereocenters. The van der Waals surface area contributed by atoms with Crippen molar-refractivity contribution in [1.29, 1.82) is 0 Å². The van der Waals surface area contributed by atoms with E-state index >= 15 is 0 Å². The van der Waals surface area contributed by atoms with Crippen LogP contribution in [0.1, 0.15) is 69.4 Å². The molecule has 0 atom stereocenters. The first-order chi connectivity index (χ1) is 24.0. The molecule has 0 saturated heterocycles. The molecule has 0 nitrogen and oxygen atoms in total. The van der Waals surface area contributed by atoms with Crippen molar-refractivity contribution in [3.05, 3.63) is 155 Å². The van der Waals surface area contributed by atoms with E-state index in [2.05, 4.69) is 203 Å². The molecule has 7 aromatic carbocycles. The van der Waals surface area contributed by atoms with Gasteiger partial charge in [0.1, 0.15) is 0 Å². The molecule has 0 N–H and O–H groups in total. The van der Waals surface area contributed by atoms with Gasteiger partial charge in [0.25, 0.3) is 0 Å². The van der Waals surface area contributed by atoms with Gasteiger partial charge in [-0.05, 0) is 40.0 Å². The Balaban J connectivity index is 0.000000255. The topological polar surface area (TPSA) is 0 Å². The van der Waals surface area contributed by atoms with Gasteiger partial charge in [-0.15, -0.1) is 68.6 Å². The maximum absolute atomic E-state index is 2.33. The second-order valence-electron chi connectivity index (χ2n) is 16.4. The van der Waals surface area contributed by atoms with E-state index < -0.39 is 0 Å². The minimum atomic E-state index is 0. The van der Waals surface area contributed by atoms with Crippen molar-refractivity contribution in [3.8, 4) is 33.4 Å². The zero-order valence-corrected chi connectivity index (χ0v) is 38.4. The van der Waals surface area contributed by atoms with Gasteiger partial charge in [-0.25, -0.2) is 0 Å². The van der Waals surface area contributed by atoms with Gasteiger partial charge in [-0.1, -0.05) is 169 Å². The minimum absolute atomic E-state index is 0. The molecular formula is C49H54Cl2SiZr-2. The van der Waals surface area contributed by atoms with Gasteiger partial charge in [0.15, 0.2) is 0 Å². The molecule has 274 valence electrons. The predicted octanol–water partition coefficient (Wildman–Crippen LogP) is 8.43. The first-order valence-electron chi connectivity index (χ1n) is 18.2. The zero-order valence-electron chi connectivity index (χ0n) is 33.4. The Labute approximate surface area is 347 Å². The van der Waals surface area contributed by atoms with Crippen LogP contribution in [0.25, 0.3) is 54.9 Å². The molecule has 0 aliphatic heterocycles. The van der Waals surface area contributed by atoms with E-state index in [1.807, 2.05) is 0 Å². The molecule has 7 aromatic rings. The fraction of sp³-hybridized carbons (Fsp3) is 0.265. The largest absolute Gasteiger partial charge is 1.00 e. The molecular weight excluding hydrogens is 779 g/mol. The summed E-state index contributed by atoms with van der Waals surface area (Å²) in [4.78, 5) is 0. The molecule has 0 aliphatic rings. The number of hydrogen-bond donors (Lipinski definition) is 0. The van der Waals surface area contributed by atoms with Gasteiger partial charge in [0, 0.05) is 0 Å². The molecule has 4 heteroatoms. The van der Waals surface area contributed by atoms with Crippen LogP contribution in [0.2, 0.25) is 13.1 Å². The summed E-state index contributed by atoms with van der Waals surface area (Å²) in [5.74, 6) is 0. The summed E-state index contributed by atoms with van der Waals surface area (Å²) in [5.41, 5.74) is 15.1. The van der Waals surface area contributed by atoms with Crippen LogP contribution in [0, 0.1) is 20.8 Å². The van der Waals surface area contributed by atoms with Crippen molar-refractivity contribution >= 4 is 27.0 Å². The number of benzene rings is 5. The average Bonchev–Trinajstić information content (AvgIpc) is 3.69. The predicted molar refractivity (Wildman–Crippen MR) is 224 cm³/mol. The Hall–Kier alpha value is -3.00. The van der Waals surface area contributed by atoms with E-state index in [0.29, 0.717) is 0 Å². The monoisotopic (exact) mass is 830 g/mol. The first kappa shape index (κ1) is 44.4. The van der Waals surface area contributed by atoms with Gasteiger partial charge in [-0.2, -0.15) is 6.07 Å². The second-order valence-corrected chi connectivity index (χ2v) is 25.7. The number of fused-ring (bicyclic) bond motifs is 2. The Bertz CT molecular complexity index is 2250. The normalized spacial score (nSPS) is 11.1. The van der Waals surface area contributed by atoms with E-state index in [4.69, 9.17) is 0 Å². The Morgan fingerprint density at radius 2 is 1.00 bits per heavy atom. The van der Waals surface area contributed by atoms with Crippen LogP contribution >= 0.6 is 0 Å². The molecule has 0 radical (unpaired) electrons. The van der Waals surface area contributed by atoms with Gasteiger partial charge in [0.05, 0.1) is 0 Å². The Morgan fingerprint density at radius 3 is 1.49 bits per heavy atom. The first-order valence-corrected chi connectivity index (χ1v) is 24.4. The van der Waals surface area contributed by atoms with Crippen LogP contribution in [0.5, 0.6) is 0 Å². The van der Waals surface area contributed by atoms with Crippen LogP contribution in [-0.2, 0) is 34.2 Å². The van der Waals surface area contributed by atoms with E-state index in [-0.39, 0.29) is 41.1 Å². The Kier molecular flexibility index (Phi) is 15.5. The summed E-state index contributed by atoms with van der Waals surface area (Å²) in [7, 11) is 0. The van der Waals surface area contributed by atoms with Crippen LogP contribution in [-0.4, -0.2) is 5.43 Å². The molecule has 53 heavy (non-hydrogen) atoms. The SMILES string of the molecule is C[Si](C)=[Zr+2].Cc1cc2c(-c3ccc(C(C)(C)C)cc3)ccc(C)c2[cH-]1.Cc1ccc(-c2cc3c(-c4ccc(C(C)(C)C)cc4)cccc3[cH-]2)cc1.[Cl-].[Cl-]. The third kappa shape index (κ3) is 11.3. The second kappa shape index (κ2) is 18.6. The Morgan fingerprint density at radius 1 is 0.528 bits per heavy atom. The molecule has 0 heterocycles.